The Balaban J connectivity index is 0.000000164. The van der Waals surface area contributed by atoms with E-state index >= 15 is 0 Å². The number of aryl methyl sites for hydroxylation is 5. The lowest BCUT2D eigenvalue weighted by molar-refractivity contribution is -0.117. The number of rotatable bonds is 24. The summed E-state index contributed by atoms with van der Waals surface area (Å²) in [5.74, 6) is -7.57. The number of benzene rings is 10. The van der Waals surface area contributed by atoms with Gasteiger partial charge in [-0.05, 0) is 228 Å². The molecule has 688 valence electrons. The molecule has 5 amide bonds. The summed E-state index contributed by atoms with van der Waals surface area (Å²) in [5, 5.41) is 53.7. The fourth-order valence-electron chi connectivity index (χ4n) is 14.1. The van der Waals surface area contributed by atoms with E-state index in [4.69, 9.17) is 30.8 Å². The van der Waals surface area contributed by atoms with Gasteiger partial charge in [-0.1, -0.05) is 116 Å². The van der Waals surface area contributed by atoms with Gasteiger partial charge in [-0.25, -0.2) is 51.9 Å². The maximum Gasteiger partial charge on any atom is 0.336 e. The molecule has 6 heterocycles. The summed E-state index contributed by atoms with van der Waals surface area (Å²) in [4.78, 5) is 193. The third-order valence-electron chi connectivity index (χ3n) is 21.4. The van der Waals surface area contributed by atoms with Crippen molar-refractivity contribution in [3.05, 3.63) is 406 Å². The Labute approximate surface area is 784 Å². The number of carboxylic acid groups (broad SMARTS) is 5. The first kappa shape index (κ1) is 101. The molecule has 13 aromatic rings. The molecule has 16 rings (SSSR count). The van der Waals surface area contributed by atoms with Crippen LogP contribution >= 0.6 is 11.3 Å². The maximum absolute atomic E-state index is 12.5. The zero-order chi connectivity index (χ0) is 98.8. The van der Waals surface area contributed by atoms with E-state index in [1.54, 1.807) is 150 Å². The molecule has 3 aliphatic rings. The van der Waals surface area contributed by atoms with E-state index in [0.29, 0.717) is 68.8 Å². The number of aromatic carboxylic acids is 5. The Bertz CT molecular complexity index is 6990. The zero-order valence-corrected chi connectivity index (χ0v) is 75.9. The van der Waals surface area contributed by atoms with Crippen LogP contribution in [0.25, 0.3) is 0 Å². The highest BCUT2D eigenvalue weighted by molar-refractivity contribution is 7.89. The van der Waals surface area contributed by atoms with Crippen LogP contribution in [-0.4, -0.2) is 151 Å². The van der Waals surface area contributed by atoms with Gasteiger partial charge in [0.15, 0.2) is 28.9 Å². The van der Waals surface area contributed by atoms with Gasteiger partial charge in [0.2, 0.25) is 15.9 Å². The molecule has 3 aromatic heterocycles. The number of aromatic nitrogens is 3. The van der Waals surface area contributed by atoms with Crippen LogP contribution in [0.5, 0.6) is 0 Å². The predicted molar refractivity (Wildman–Crippen MR) is 505 cm³/mol. The average molecular weight is 1870 g/mol. The molecule has 1 saturated heterocycles. The summed E-state index contributed by atoms with van der Waals surface area (Å²) in [7, 11) is -2.04. The molecule has 0 aliphatic carbocycles. The fourth-order valence-corrected chi connectivity index (χ4v) is 15.7. The van der Waals surface area contributed by atoms with E-state index in [2.05, 4.69) is 19.7 Å². The molecule has 30 nitrogen and oxygen atoms in total. The van der Waals surface area contributed by atoms with Crippen molar-refractivity contribution in [2.24, 2.45) is 0 Å². The Kier molecular flexibility index (Phi) is 34.7. The molecule has 10 aromatic carbocycles. The van der Waals surface area contributed by atoms with Crippen molar-refractivity contribution in [3.63, 3.8) is 0 Å². The second kappa shape index (κ2) is 46.7. The van der Waals surface area contributed by atoms with Crippen molar-refractivity contribution in [2.45, 2.75) is 91.4 Å². The topological polar surface area (TPSA) is 476 Å². The van der Waals surface area contributed by atoms with Gasteiger partial charge in [0.25, 0.3) is 23.6 Å². The van der Waals surface area contributed by atoms with Crippen molar-refractivity contribution >= 4 is 127 Å². The van der Waals surface area contributed by atoms with Crippen LogP contribution in [0.15, 0.2) is 278 Å². The number of thiazole rings is 1. The molecule has 0 bridgehead atoms. The Hall–Kier alpha value is -17.0. The first-order valence-corrected chi connectivity index (χ1v) is 44.2. The van der Waals surface area contributed by atoms with E-state index < -0.39 is 45.8 Å². The van der Waals surface area contributed by atoms with Gasteiger partial charge in [-0.3, -0.25) is 57.9 Å². The highest BCUT2D eigenvalue weighted by Crippen LogP contribution is 2.33. The molecule has 136 heavy (non-hydrogen) atoms. The Morgan fingerprint density at radius 3 is 1.37 bits per heavy atom. The molecular formula is C104H88N8O22S2. The van der Waals surface area contributed by atoms with E-state index in [0.717, 1.165) is 72.4 Å². The largest absolute Gasteiger partial charge is 0.478 e. The van der Waals surface area contributed by atoms with Crippen LogP contribution in [0.4, 0.5) is 17.1 Å². The zero-order valence-electron chi connectivity index (χ0n) is 74.3. The number of nitriles is 1. The quantitative estimate of drug-likeness (QED) is 0.0242. The minimum atomic E-state index is -3.41. The number of sulfonamides is 1. The standard InChI is InChI=1S/C17H13NO4.C16H12N2O2.C16H11NO4.C16H14O3.C15H13NO3.C13H11NO3S.C11H14N2O3S/c1-2-10-3-8-13-14(9-10)16(20)18(15(13)19)12-6-4-11(5-7-12)17(21)22;1-11(19)15-6-7-18-10-14(15)8-16(20)13-4-2-12(9-17)3-5-13;1-9-2-7-12-13(8-9)15(19)17(14(12)18)11-5-3-10(4-6-11)16(20)21;1-11-6-2-3-7-12(11)10-15(17)13-8-4-5-9-14(13)16(18)19;1-10-8-11(6-7-16-10)9-14(17)12-4-2-3-5-13(12)15(18)19;1-8-12(18-7-14-8)6-11(15)9-4-2-3-5-10(9)13(16)17;1-12-17(15,16)10-6-4-9(5-7-10)13-8-2-3-11(13)14/h3-9H,2H2,1H3,(H,21,22);2-7,10H,8H2,1H3;2-8H,1H3,(H,20,21);2-9H,10H2,1H3,(H,18,19);2-8H,9H2,1H3,(H,18,19);2-5,7H,6H2,1H3,(H,16,17);4-7,12H,2-3,8H2,1H3. The number of pyridine rings is 2. The van der Waals surface area contributed by atoms with Gasteiger partial charge in [-0.15, -0.1) is 11.3 Å². The lowest BCUT2D eigenvalue weighted by Gasteiger charge is -2.15. The molecule has 1 fully saturated rings. The number of hydrogen-bond donors (Lipinski definition) is 6. The minimum absolute atomic E-state index is 0.0401. The molecule has 3 aliphatic heterocycles. The third-order valence-corrected chi connectivity index (χ3v) is 23.8. The summed E-state index contributed by atoms with van der Waals surface area (Å²) < 4.78 is 25.3. The second-order valence-corrected chi connectivity index (χ2v) is 33.4. The van der Waals surface area contributed by atoms with Crippen LogP contribution in [0.2, 0.25) is 0 Å². The van der Waals surface area contributed by atoms with Crippen molar-refractivity contribution in [2.75, 3.05) is 28.3 Å². The highest BCUT2D eigenvalue weighted by atomic mass is 32.2. The van der Waals surface area contributed by atoms with Crippen LogP contribution in [0.3, 0.4) is 0 Å². The van der Waals surface area contributed by atoms with Crippen molar-refractivity contribution in [3.8, 4) is 6.07 Å². The first-order valence-electron chi connectivity index (χ1n) is 41.8. The Morgan fingerprint density at radius 2 is 0.912 bits per heavy atom. The van der Waals surface area contributed by atoms with E-state index in [9.17, 15) is 80.3 Å². The number of Topliss-reactive ketones (excluding diaryl/α,β-unsaturated/α-hetero) is 5. The third kappa shape index (κ3) is 25.8. The monoisotopic (exact) mass is 1860 g/mol. The number of carbonyl (C=O) groups excluding carboxylic acids is 10. The van der Waals surface area contributed by atoms with Gasteiger partial charge >= 0.3 is 29.8 Å². The van der Waals surface area contributed by atoms with Crippen molar-refractivity contribution in [1.29, 1.82) is 5.26 Å². The predicted octanol–water partition coefficient (Wildman–Crippen LogP) is 16.8. The summed E-state index contributed by atoms with van der Waals surface area (Å²) >= 11 is 1.41. The summed E-state index contributed by atoms with van der Waals surface area (Å²) in [6.07, 6.45) is 7.62. The molecule has 0 saturated carbocycles. The van der Waals surface area contributed by atoms with Gasteiger partial charge in [-0.2, -0.15) is 5.26 Å². The molecular weight excluding hydrogens is 1780 g/mol. The highest BCUT2D eigenvalue weighted by Gasteiger charge is 2.39. The molecule has 0 radical (unpaired) electrons. The number of nitrogens with zero attached hydrogens (tertiary/aromatic N) is 7. The first-order chi connectivity index (χ1) is 64.9. The number of hydrogen-bond acceptors (Lipinski definition) is 22. The van der Waals surface area contributed by atoms with Crippen molar-refractivity contribution < 1.29 is 106 Å². The van der Waals surface area contributed by atoms with Gasteiger partial charge in [0.05, 0.1) is 89.2 Å². The normalized spacial score (nSPS) is 12.0. The summed E-state index contributed by atoms with van der Waals surface area (Å²) in [6, 6.07) is 68.0. The number of nitrogens with one attached hydrogen (secondary N) is 1. The van der Waals surface area contributed by atoms with Crippen LogP contribution < -0.4 is 19.4 Å². The van der Waals surface area contributed by atoms with E-state index in [1.165, 1.54) is 117 Å². The number of imide groups is 2. The number of anilines is 3. The second-order valence-electron chi connectivity index (χ2n) is 30.6. The van der Waals surface area contributed by atoms with Crippen LogP contribution in [-0.2, 0) is 46.9 Å². The van der Waals surface area contributed by atoms with Gasteiger partial charge in [0, 0.05) is 101 Å². The van der Waals surface area contributed by atoms with Crippen molar-refractivity contribution in [1.82, 2.24) is 19.7 Å². The van der Waals surface area contributed by atoms with Crippen LogP contribution in [0, 0.1) is 39.0 Å². The molecule has 6 N–H and O–H groups in total. The number of carboxylic acids is 5. The molecule has 32 heteroatoms. The molecule has 0 spiro atoms. The lowest BCUT2D eigenvalue weighted by atomic mass is 9.96. The number of ketones is 5. The average Bonchev–Trinajstić information content (AvgIpc) is 1.62. The van der Waals surface area contributed by atoms with Crippen LogP contribution in [0.1, 0.15) is 227 Å². The number of amides is 5. The SMILES string of the molecule is CC(=O)c1ccncc1CC(=O)c1ccc(C#N)cc1.CCc1ccc2c(c1)C(=O)N(c1ccc(C(=O)O)cc1)C2=O.CNS(=O)(=O)c1ccc(N2CCCC2=O)cc1.Cc1cc(CC(=O)c2ccccc2C(=O)O)ccn1.Cc1ccc2c(c1)C(=O)N(c1ccc(C(=O)O)cc1)C2=O.Cc1ccccc1CC(=O)c1ccccc1C(=O)O.Cc1ncsc1CC(=O)c1ccccc1C(=O)O. The summed E-state index contributed by atoms with van der Waals surface area (Å²) in [6.45, 7) is 11.6. The fraction of sp³-hybridized carbons (Fsp3) is 0.144. The lowest BCUT2D eigenvalue weighted by Crippen LogP contribution is -2.29. The Morgan fingerprint density at radius 1 is 0.449 bits per heavy atom. The van der Waals surface area contributed by atoms with E-state index in [-0.39, 0.29) is 128 Å². The van der Waals surface area contributed by atoms with Gasteiger partial charge in [0.1, 0.15) is 0 Å². The van der Waals surface area contributed by atoms with Gasteiger partial charge < -0.3 is 30.4 Å². The smallest absolute Gasteiger partial charge is 0.336 e. The van der Waals surface area contributed by atoms with E-state index in [1.807, 2.05) is 77.1 Å². The molecule has 0 unspecified atom stereocenters. The maximum atomic E-state index is 12.5. The summed E-state index contributed by atoms with van der Waals surface area (Å²) in [5.41, 5.74) is 14.3. The number of fused-ring (bicyclic) bond motifs is 2. The molecule has 0 atom stereocenters. The number of carbonyl (C=O) groups is 15. The minimum Gasteiger partial charge on any atom is -0.478 e.